The van der Waals surface area contributed by atoms with E-state index in [4.69, 9.17) is 14.0 Å². The van der Waals surface area contributed by atoms with Gasteiger partial charge in [0, 0.05) is 25.6 Å². The second-order valence-corrected chi connectivity index (χ2v) is 5.91. The third-order valence-corrected chi connectivity index (χ3v) is 3.97. The molecule has 0 atom stereocenters. The first kappa shape index (κ1) is 18.4. The average Bonchev–Trinajstić information content (AvgIpc) is 3.19. The number of amides is 1. The highest BCUT2D eigenvalue weighted by molar-refractivity contribution is 5.93. The molecule has 1 aromatic heterocycles. The molecule has 0 aliphatic heterocycles. The molecule has 3 aromatic rings. The van der Waals surface area contributed by atoms with E-state index in [0.717, 1.165) is 5.75 Å². The molecule has 27 heavy (non-hydrogen) atoms. The van der Waals surface area contributed by atoms with Crippen LogP contribution in [-0.2, 0) is 13.0 Å². The molecule has 1 amide bonds. The van der Waals surface area contributed by atoms with Gasteiger partial charge in [0.1, 0.15) is 11.5 Å². The SMILES string of the molecule is COc1ccc(OCc2nc(CCN(C)C(=O)c3ccccc3)no2)cc1. The fourth-order valence-corrected chi connectivity index (χ4v) is 2.44. The van der Waals surface area contributed by atoms with Gasteiger partial charge in [0.05, 0.1) is 7.11 Å². The Morgan fingerprint density at radius 3 is 2.48 bits per heavy atom. The van der Waals surface area contributed by atoms with E-state index in [2.05, 4.69) is 10.1 Å². The zero-order chi connectivity index (χ0) is 19.1. The lowest BCUT2D eigenvalue weighted by molar-refractivity contribution is 0.0796. The molecule has 2 aromatic carbocycles. The van der Waals surface area contributed by atoms with E-state index in [0.29, 0.717) is 36.0 Å². The van der Waals surface area contributed by atoms with Gasteiger partial charge in [-0.25, -0.2) is 0 Å². The van der Waals surface area contributed by atoms with Gasteiger partial charge in [-0.15, -0.1) is 0 Å². The second kappa shape index (κ2) is 8.84. The van der Waals surface area contributed by atoms with Gasteiger partial charge in [-0.2, -0.15) is 4.98 Å². The van der Waals surface area contributed by atoms with Crippen molar-refractivity contribution in [2.24, 2.45) is 0 Å². The standard InChI is InChI=1S/C20H21N3O4/c1-23(20(24)15-6-4-3-5-7-15)13-12-18-21-19(27-22-18)14-26-17-10-8-16(25-2)9-11-17/h3-11H,12-14H2,1-2H3. The molecule has 7 nitrogen and oxygen atoms in total. The molecule has 3 rings (SSSR count). The average molecular weight is 367 g/mol. The van der Waals surface area contributed by atoms with E-state index in [1.807, 2.05) is 30.3 Å². The van der Waals surface area contributed by atoms with Gasteiger partial charge in [-0.1, -0.05) is 23.4 Å². The van der Waals surface area contributed by atoms with Gasteiger partial charge in [0.25, 0.3) is 11.8 Å². The van der Waals surface area contributed by atoms with Crippen LogP contribution >= 0.6 is 0 Å². The molecule has 0 radical (unpaired) electrons. The molecular formula is C20H21N3O4. The zero-order valence-corrected chi connectivity index (χ0v) is 15.3. The molecule has 0 aliphatic rings. The van der Waals surface area contributed by atoms with Crippen molar-refractivity contribution in [3.05, 3.63) is 71.9 Å². The van der Waals surface area contributed by atoms with Gasteiger partial charge in [0.2, 0.25) is 0 Å². The number of nitrogens with zero attached hydrogens (tertiary/aromatic N) is 3. The summed E-state index contributed by atoms with van der Waals surface area (Å²) in [4.78, 5) is 18.2. The second-order valence-electron chi connectivity index (χ2n) is 5.91. The van der Waals surface area contributed by atoms with Crippen molar-refractivity contribution in [2.45, 2.75) is 13.0 Å². The minimum absolute atomic E-state index is 0.0397. The van der Waals surface area contributed by atoms with E-state index < -0.39 is 0 Å². The van der Waals surface area contributed by atoms with Crippen LogP contribution in [0.3, 0.4) is 0 Å². The highest BCUT2D eigenvalue weighted by Crippen LogP contribution is 2.18. The third kappa shape index (κ3) is 5.07. The molecule has 7 heteroatoms. The fourth-order valence-electron chi connectivity index (χ4n) is 2.44. The van der Waals surface area contributed by atoms with Crippen molar-refractivity contribution < 1.29 is 18.8 Å². The molecule has 1 heterocycles. The van der Waals surface area contributed by atoms with Crippen molar-refractivity contribution in [1.29, 1.82) is 0 Å². The predicted molar refractivity (Wildman–Crippen MR) is 98.7 cm³/mol. The summed E-state index contributed by atoms with van der Waals surface area (Å²) in [6.45, 7) is 0.671. The number of carbonyl (C=O) groups excluding carboxylic acids is 1. The topological polar surface area (TPSA) is 77.7 Å². The molecular weight excluding hydrogens is 346 g/mol. The first-order valence-electron chi connectivity index (χ1n) is 8.54. The molecule has 0 bridgehead atoms. The summed E-state index contributed by atoms with van der Waals surface area (Å²) in [5, 5.41) is 3.94. The van der Waals surface area contributed by atoms with Crippen LogP contribution in [0.5, 0.6) is 11.5 Å². The van der Waals surface area contributed by atoms with Gasteiger partial charge >= 0.3 is 0 Å². The quantitative estimate of drug-likeness (QED) is 0.609. The maximum absolute atomic E-state index is 12.3. The Labute approximate surface area is 157 Å². The number of likely N-dealkylation sites (N-methyl/N-ethyl adjacent to an activating group) is 1. The Balaban J connectivity index is 1.48. The van der Waals surface area contributed by atoms with Crippen molar-refractivity contribution in [3.8, 4) is 11.5 Å². The van der Waals surface area contributed by atoms with Crippen molar-refractivity contribution in [1.82, 2.24) is 15.0 Å². The van der Waals surface area contributed by atoms with Crippen LogP contribution < -0.4 is 9.47 Å². The largest absolute Gasteiger partial charge is 0.497 e. The van der Waals surface area contributed by atoms with Gasteiger partial charge in [-0.05, 0) is 36.4 Å². The van der Waals surface area contributed by atoms with Crippen LogP contribution in [0, 0.1) is 0 Å². The van der Waals surface area contributed by atoms with E-state index in [1.54, 1.807) is 43.3 Å². The van der Waals surface area contributed by atoms with E-state index in [9.17, 15) is 4.79 Å². The molecule has 0 N–H and O–H groups in total. The number of hydrogen-bond donors (Lipinski definition) is 0. The lowest BCUT2D eigenvalue weighted by Crippen LogP contribution is -2.29. The van der Waals surface area contributed by atoms with Crippen molar-refractivity contribution in [2.75, 3.05) is 20.7 Å². The Morgan fingerprint density at radius 1 is 1.07 bits per heavy atom. The van der Waals surface area contributed by atoms with Gasteiger partial charge < -0.3 is 18.9 Å². The molecule has 0 spiro atoms. The zero-order valence-electron chi connectivity index (χ0n) is 15.3. The van der Waals surface area contributed by atoms with Crippen LogP contribution in [0.4, 0.5) is 0 Å². The molecule has 0 saturated heterocycles. The molecule has 140 valence electrons. The number of carbonyl (C=O) groups is 1. The summed E-state index contributed by atoms with van der Waals surface area (Å²) < 4.78 is 15.9. The number of rotatable bonds is 8. The van der Waals surface area contributed by atoms with Crippen molar-refractivity contribution >= 4 is 5.91 Å². The summed E-state index contributed by atoms with van der Waals surface area (Å²) in [5.74, 6) is 2.33. The number of aromatic nitrogens is 2. The van der Waals surface area contributed by atoms with E-state index in [-0.39, 0.29) is 12.5 Å². The lowest BCUT2D eigenvalue weighted by Gasteiger charge is -2.15. The predicted octanol–water partition coefficient (Wildman–Crippen LogP) is 2.97. The highest BCUT2D eigenvalue weighted by atomic mass is 16.5. The molecule has 0 fully saturated rings. The van der Waals surface area contributed by atoms with Crippen LogP contribution in [0.1, 0.15) is 22.1 Å². The minimum Gasteiger partial charge on any atom is -0.497 e. The minimum atomic E-state index is -0.0397. The van der Waals surface area contributed by atoms with Crippen LogP contribution in [0.25, 0.3) is 0 Å². The monoisotopic (exact) mass is 367 g/mol. The first-order chi connectivity index (χ1) is 13.2. The summed E-state index contributed by atoms with van der Waals surface area (Å²) >= 11 is 0. The normalized spacial score (nSPS) is 10.4. The van der Waals surface area contributed by atoms with Gasteiger partial charge in [0.15, 0.2) is 12.4 Å². The van der Waals surface area contributed by atoms with Gasteiger partial charge in [-0.3, -0.25) is 4.79 Å². The number of benzene rings is 2. The maximum atomic E-state index is 12.3. The van der Waals surface area contributed by atoms with Crippen molar-refractivity contribution in [3.63, 3.8) is 0 Å². The Bertz CT molecular complexity index is 862. The Morgan fingerprint density at radius 2 is 1.78 bits per heavy atom. The summed E-state index contributed by atoms with van der Waals surface area (Å²) in [6, 6.07) is 16.4. The number of methoxy groups -OCH3 is 1. The number of ether oxygens (including phenoxy) is 2. The summed E-state index contributed by atoms with van der Waals surface area (Å²) in [7, 11) is 3.36. The lowest BCUT2D eigenvalue weighted by atomic mass is 10.2. The Hall–Kier alpha value is -3.35. The molecule has 0 unspecified atom stereocenters. The molecule has 0 saturated carbocycles. The maximum Gasteiger partial charge on any atom is 0.264 e. The first-order valence-corrected chi connectivity index (χ1v) is 8.54. The Kier molecular flexibility index (Phi) is 6.04. The number of hydrogen-bond acceptors (Lipinski definition) is 6. The van der Waals surface area contributed by atoms with Crippen LogP contribution in [-0.4, -0.2) is 41.6 Å². The molecule has 0 aliphatic carbocycles. The van der Waals surface area contributed by atoms with E-state index in [1.165, 1.54) is 0 Å². The highest BCUT2D eigenvalue weighted by Gasteiger charge is 2.13. The third-order valence-electron chi connectivity index (χ3n) is 3.97. The summed E-state index contributed by atoms with van der Waals surface area (Å²) in [5.41, 5.74) is 0.654. The van der Waals surface area contributed by atoms with Crippen LogP contribution in [0.2, 0.25) is 0 Å². The fraction of sp³-hybridized carbons (Fsp3) is 0.250. The van der Waals surface area contributed by atoms with Crippen LogP contribution in [0.15, 0.2) is 59.1 Å². The van der Waals surface area contributed by atoms with E-state index >= 15 is 0 Å². The smallest absolute Gasteiger partial charge is 0.264 e. The summed E-state index contributed by atoms with van der Waals surface area (Å²) in [6.07, 6.45) is 0.501.